The van der Waals surface area contributed by atoms with Gasteiger partial charge in [0.1, 0.15) is 0 Å². The Kier molecular flexibility index (Phi) is 3.37. The first-order valence-corrected chi connectivity index (χ1v) is 9.05. The Labute approximate surface area is 161 Å². The summed E-state index contributed by atoms with van der Waals surface area (Å²) in [4.78, 5) is 11.1. The van der Waals surface area contributed by atoms with Crippen LogP contribution < -0.4 is 9.47 Å². The van der Waals surface area contributed by atoms with Crippen molar-refractivity contribution >= 4 is 27.2 Å². The average Bonchev–Trinajstić information content (AvgIpc) is 3.03. The third kappa shape index (κ3) is 2.40. The van der Waals surface area contributed by atoms with Gasteiger partial charge < -0.3 is 9.47 Å². The first kappa shape index (κ1) is 16.6. The summed E-state index contributed by atoms with van der Waals surface area (Å²) < 4.78 is 12.2. The van der Waals surface area contributed by atoms with Gasteiger partial charge in [-0.25, -0.2) is 0 Å². The number of nitrogens with zero attached hydrogens (tertiary/aromatic N) is 1. The van der Waals surface area contributed by atoms with E-state index < -0.39 is 5.79 Å². The molecule has 4 aromatic carbocycles. The lowest BCUT2D eigenvalue weighted by Crippen LogP contribution is -2.29. The highest BCUT2D eigenvalue weighted by Crippen LogP contribution is 2.50. The normalized spacial score (nSPS) is 14.5. The molecule has 0 saturated carbocycles. The largest absolute Gasteiger partial charge is 0.448 e. The van der Waals surface area contributed by atoms with Gasteiger partial charge in [-0.1, -0.05) is 42.5 Å². The van der Waals surface area contributed by atoms with Gasteiger partial charge in [0.25, 0.3) is 5.69 Å². The zero-order valence-corrected chi connectivity index (χ0v) is 15.4. The molecule has 0 atom stereocenters. The molecule has 0 spiro atoms. The molecule has 0 bridgehead atoms. The standard InChI is InChI=1S/C23H17NO4/c1-23(2)27-21-17-9-4-3-8-16(17)19-13-14(11-12-18(19)22(21)28-23)15-7-5-6-10-20(15)24(25)26/h3-13H,1-2H3. The molecule has 0 saturated heterocycles. The first-order chi connectivity index (χ1) is 13.4. The van der Waals surface area contributed by atoms with E-state index in [4.69, 9.17) is 9.47 Å². The molecule has 0 fully saturated rings. The second-order valence-corrected chi connectivity index (χ2v) is 7.34. The molecular formula is C23H17NO4. The highest BCUT2D eigenvalue weighted by Gasteiger charge is 2.35. The summed E-state index contributed by atoms with van der Waals surface area (Å²) in [6.45, 7) is 3.77. The second-order valence-electron chi connectivity index (χ2n) is 7.34. The Morgan fingerprint density at radius 1 is 0.786 bits per heavy atom. The van der Waals surface area contributed by atoms with Crippen LogP contribution in [0, 0.1) is 10.1 Å². The predicted octanol–water partition coefficient (Wildman–Crippen LogP) is 6.08. The molecule has 0 amide bonds. The number of hydrogen-bond acceptors (Lipinski definition) is 4. The van der Waals surface area contributed by atoms with Crippen LogP contribution in [-0.4, -0.2) is 10.7 Å². The molecule has 1 aliphatic heterocycles. The van der Waals surface area contributed by atoms with Crippen molar-refractivity contribution in [1.29, 1.82) is 0 Å². The minimum Gasteiger partial charge on any atom is -0.448 e. The molecule has 5 rings (SSSR count). The molecule has 0 aromatic heterocycles. The summed E-state index contributed by atoms with van der Waals surface area (Å²) in [5.41, 5.74) is 1.48. The lowest BCUT2D eigenvalue weighted by Gasteiger charge is -2.16. The van der Waals surface area contributed by atoms with Crippen molar-refractivity contribution in [1.82, 2.24) is 0 Å². The summed E-state index contributed by atoms with van der Waals surface area (Å²) >= 11 is 0. The fourth-order valence-electron chi connectivity index (χ4n) is 3.89. The Balaban J connectivity index is 1.84. The average molecular weight is 371 g/mol. The molecule has 0 N–H and O–H groups in total. The van der Waals surface area contributed by atoms with E-state index in [-0.39, 0.29) is 10.6 Å². The Morgan fingerprint density at radius 2 is 1.39 bits per heavy atom. The minimum atomic E-state index is -0.740. The molecule has 28 heavy (non-hydrogen) atoms. The summed E-state index contributed by atoms with van der Waals surface area (Å²) in [7, 11) is 0. The lowest BCUT2D eigenvalue weighted by molar-refractivity contribution is -0.384. The zero-order chi connectivity index (χ0) is 19.5. The molecule has 5 nitrogen and oxygen atoms in total. The number of ether oxygens (including phenoxy) is 2. The maximum Gasteiger partial charge on any atom is 0.277 e. The van der Waals surface area contributed by atoms with Gasteiger partial charge >= 0.3 is 0 Å². The van der Waals surface area contributed by atoms with Crippen LogP contribution in [0.15, 0.2) is 66.7 Å². The van der Waals surface area contributed by atoms with Crippen molar-refractivity contribution in [2.24, 2.45) is 0 Å². The molecule has 0 aliphatic carbocycles. The van der Waals surface area contributed by atoms with Crippen molar-refractivity contribution in [2.75, 3.05) is 0 Å². The van der Waals surface area contributed by atoms with E-state index in [1.165, 1.54) is 6.07 Å². The molecule has 138 valence electrons. The number of hydrogen-bond donors (Lipinski definition) is 0. The highest BCUT2D eigenvalue weighted by atomic mass is 16.7. The lowest BCUT2D eigenvalue weighted by atomic mass is 9.95. The van der Waals surface area contributed by atoms with Gasteiger partial charge in [0.05, 0.1) is 10.5 Å². The number of nitro benzene ring substituents is 1. The van der Waals surface area contributed by atoms with Crippen LogP contribution >= 0.6 is 0 Å². The van der Waals surface area contributed by atoms with Crippen LogP contribution in [0.2, 0.25) is 0 Å². The van der Waals surface area contributed by atoms with E-state index in [0.29, 0.717) is 11.3 Å². The fourth-order valence-corrected chi connectivity index (χ4v) is 3.89. The molecule has 0 radical (unpaired) electrons. The maximum atomic E-state index is 11.5. The SMILES string of the molecule is CC1(C)Oc2c(c3ccc(-c4ccccc4[N+](=O)[O-])cc3c3ccccc23)O1. The van der Waals surface area contributed by atoms with Gasteiger partial charge in [-0.2, -0.15) is 0 Å². The minimum absolute atomic E-state index is 0.0908. The van der Waals surface area contributed by atoms with Crippen LogP contribution in [0.1, 0.15) is 13.8 Å². The predicted molar refractivity (Wildman–Crippen MR) is 109 cm³/mol. The van der Waals surface area contributed by atoms with Crippen molar-refractivity contribution < 1.29 is 14.4 Å². The van der Waals surface area contributed by atoms with Crippen molar-refractivity contribution in [3.05, 3.63) is 76.8 Å². The Bertz CT molecular complexity index is 1280. The number of rotatable bonds is 2. The molecule has 5 heteroatoms. The quantitative estimate of drug-likeness (QED) is 0.243. The molecule has 0 unspecified atom stereocenters. The van der Waals surface area contributed by atoms with Gasteiger partial charge in [0.2, 0.25) is 5.79 Å². The van der Waals surface area contributed by atoms with E-state index in [1.54, 1.807) is 12.1 Å². The summed E-state index contributed by atoms with van der Waals surface area (Å²) in [6.07, 6.45) is 0. The molecule has 4 aromatic rings. The highest BCUT2D eigenvalue weighted by molar-refractivity contribution is 6.15. The van der Waals surface area contributed by atoms with Crippen LogP contribution in [0.25, 0.3) is 32.7 Å². The number of benzene rings is 4. The molecule has 1 aliphatic rings. The summed E-state index contributed by atoms with van der Waals surface area (Å²) in [6, 6.07) is 20.6. The maximum absolute atomic E-state index is 11.5. The Hall–Kier alpha value is -3.60. The summed E-state index contributed by atoms with van der Waals surface area (Å²) in [5, 5.41) is 15.4. The van der Waals surface area contributed by atoms with E-state index in [0.717, 1.165) is 32.9 Å². The first-order valence-electron chi connectivity index (χ1n) is 9.05. The molecule has 1 heterocycles. The van der Waals surface area contributed by atoms with E-state index in [9.17, 15) is 10.1 Å². The van der Waals surface area contributed by atoms with Gasteiger partial charge in [-0.15, -0.1) is 0 Å². The monoisotopic (exact) mass is 371 g/mol. The van der Waals surface area contributed by atoms with Gasteiger partial charge in [-0.3, -0.25) is 10.1 Å². The van der Waals surface area contributed by atoms with Crippen LogP contribution in [0.3, 0.4) is 0 Å². The van der Waals surface area contributed by atoms with Crippen LogP contribution in [0.4, 0.5) is 5.69 Å². The molecular weight excluding hydrogens is 354 g/mol. The van der Waals surface area contributed by atoms with Crippen molar-refractivity contribution in [2.45, 2.75) is 19.6 Å². The van der Waals surface area contributed by atoms with Gasteiger partial charge in [0.15, 0.2) is 11.5 Å². The third-order valence-electron chi connectivity index (χ3n) is 5.04. The second kappa shape index (κ2) is 5.70. The van der Waals surface area contributed by atoms with Crippen LogP contribution in [-0.2, 0) is 0 Å². The fraction of sp³-hybridized carbons (Fsp3) is 0.130. The topological polar surface area (TPSA) is 61.6 Å². The zero-order valence-electron chi connectivity index (χ0n) is 15.4. The summed E-state index contributed by atoms with van der Waals surface area (Å²) in [5.74, 6) is 0.718. The smallest absolute Gasteiger partial charge is 0.277 e. The van der Waals surface area contributed by atoms with E-state index >= 15 is 0 Å². The third-order valence-corrected chi connectivity index (χ3v) is 5.04. The van der Waals surface area contributed by atoms with E-state index in [2.05, 4.69) is 0 Å². The van der Waals surface area contributed by atoms with Gasteiger partial charge in [0, 0.05) is 30.7 Å². The van der Waals surface area contributed by atoms with Crippen molar-refractivity contribution in [3.63, 3.8) is 0 Å². The van der Waals surface area contributed by atoms with Crippen molar-refractivity contribution in [3.8, 4) is 22.6 Å². The van der Waals surface area contributed by atoms with E-state index in [1.807, 2.05) is 62.4 Å². The van der Waals surface area contributed by atoms with Gasteiger partial charge in [-0.05, 0) is 34.5 Å². The van der Waals surface area contributed by atoms with Crippen LogP contribution in [0.5, 0.6) is 11.5 Å². The number of fused-ring (bicyclic) bond motifs is 6. The Morgan fingerprint density at radius 3 is 2.11 bits per heavy atom. The number of para-hydroxylation sites is 1. The number of nitro groups is 1.